The van der Waals surface area contributed by atoms with E-state index >= 15 is 0 Å². The zero-order chi connectivity index (χ0) is 18.4. The van der Waals surface area contributed by atoms with Crippen LogP contribution in [0.15, 0.2) is 48.5 Å². The minimum absolute atomic E-state index is 0.129. The van der Waals surface area contributed by atoms with Gasteiger partial charge in [-0.05, 0) is 48.9 Å². The molecule has 2 rings (SSSR count). The Labute approximate surface area is 151 Å². The van der Waals surface area contributed by atoms with E-state index in [-0.39, 0.29) is 24.7 Å². The Hall–Kier alpha value is -2.12. The molecule has 0 aliphatic rings. The van der Waals surface area contributed by atoms with Crippen LogP contribution < -0.4 is 9.62 Å². The predicted molar refractivity (Wildman–Crippen MR) is 97.9 cm³/mol. The second-order valence-electron chi connectivity index (χ2n) is 5.47. The van der Waals surface area contributed by atoms with Crippen LogP contribution in [0.2, 0.25) is 5.02 Å². The number of hydrogen-bond acceptors (Lipinski definition) is 3. The van der Waals surface area contributed by atoms with Gasteiger partial charge in [0.05, 0.1) is 11.9 Å². The molecule has 0 saturated carbocycles. The summed E-state index contributed by atoms with van der Waals surface area (Å²) in [6.07, 6.45) is 1.56. The van der Waals surface area contributed by atoms with Crippen molar-refractivity contribution >= 4 is 38.9 Å². The Morgan fingerprint density at radius 2 is 1.88 bits per heavy atom. The van der Waals surface area contributed by atoms with Crippen LogP contribution >= 0.6 is 11.6 Å². The summed E-state index contributed by atoms with van der Waals surface area (Å²) in [4.78, 5) is 11.9. The van der Waals surface area contributed by atoms with Gasteiger partial charge in [-0.25, -0.2) is 12.8 Å². The van der Waals surface area contributed by atoms with Gasteiger partial charge in [-0.1, -0.05) is 17.7 Å². The Kier molecular flexibility index (Phi) is 6.39. The highest BCUT2D eigenvalue weighted by atomic mass is 35.5. The quantitative estimate of drug-likeness (QED) is 0.792. The molecule has 0 heterocycles. The van der Waals surface area contributed by atoms with E-state index in [9.17, 15) is 17.6 Å². The first-order chi connectivity index (χ1) is 11.8. The fourth-order valence-corrected chi connectivity index (χ4v) is 3.40. The molecule has 8 heteroatoms. The van der Waals surface area contributed by atoms with Crippen LogP contribution in [-0.2, 0) is 14.8 Å². The molecule has 0 saturated heterocycles. The number of nitrogens with zero attached hydrogens (tertiary/aromatic N) is 1. The average Bonchev–Trinajstić information content (AvgIpc) is 2.52. The first kappa shape index (κ1) is 19.2. The summed E-state index contributed by atoms with van der Waals surface area (Å²) < 4.78 is 38.0. The number of carbonyl (C=O) groups excluding carboxylic acids is 1. The minimum atomic E-state index is -3.50. The standard InChI is InChI=1S/C17H18ClFN2O3S/c1-25(23,24)21(16-5-2-4-13(18)12-16)11-3-6-17(22)20-15-9-7-14(19)8-10-15/h2,4-5,7-10,12H,3,6,11H2,1H3,(H,20,22). The maximum atomic E-state index is 12.8. The second-order valence-corrected chi connectivity index (χ2v) is 7.82. The Morgan fingerprint density at radius 3 is 2.48 bits per heavy atom. The number of sulfonamides is 1. The zero-order valence-corrected chi connectivity index (χ0v) is 15.1. The topological polar surface area (TPSA) is 66.5 Å². The molecule has 1 amide bonds. The lowest BCUT2D eigenvalue weighted by molar-refractivity contribution is -0.116. The molecular formula is C17H18ClFN2O3S. The van der Waals surface area contributed by atoms with E-state index in [0.29, 0.717) is 22.8 Å². The normalized spacial score (nSPS) is 11.2. The Balaban J connectivity index is 1.95. The lowest BCUT2D eigenvalue weighted by atomic mass is 10.2. The molecule has 0 fully saturated rings. The molecule has 0 unspecified atom stereocenters. The van der Waals surface area contributed by atoms with Crippen molar-refractivity contribution in [2.75, 3.05) is 22.4 Å². The van der Waals surface area contributed by atoms with Gasteiger partial charge in [0.25, 0.3) is 0 Å². The first-order valence-electron chi connectivity index (χ1n) is 7.54. The number of benzene rings is 2. The highest BCUT2D eigenvalue weighted by Crippen LogP contribution is 2.22. The van der Waals surface area contributed by atoms with E-state index in [0.717, 1.165) is 6.26 Å². The van der Waals surface area contributed by atoms with Crippen molar-refractivity contribution < 1.29 is 17.6 Å². The van der Waals surface area contributed by atoms with Crippen molar-refractivity contribution in [1.29, 1.82) is 0 Å². The van der Waals surface area contributed by atoms with Gasteiger partial charge in [0.15, 0.2) is 0 Å². The highest BCUT2D eigenvalue weighted by Gasteiger charge is 2.17. The van der Waals surface area contributed by atoms with E-state index in [1.165, 1.54) is 28.6 Å². The summed E-state index contributed by atoms with van der Waals surface area (Å²) in [5.74, 6) is -0.658. The van der Waals surface area contributed by atoms with Gasteiger partial charge < -0.3 is 5.32 Å². The van der Waals surface area contributed by atoms with Crippen LogP contribution in [0.3, 0.4) is 0 Å². The fraction of sp³-hybridized carbons (Fsp3) is 0.235. The average molecular weight is 385 g/mol. The summed E-state index contributed by atoms with van der Waals surface area (Å²) in [5.41, 5.74) is 0.940. The second kappa shape index (κ2) is 8.31. The molecule has 25 heavy (non-hydrogen) atoms. The van der Waals surface area contributed by atoms with Gasteiger partial charge in [-0.3, -0.25) is 9.10 Å². The molecule has 0 spiro atoms. The Bertz CT molecular complexity index is 841. The van der Waals surface area contributed by atoms with Gasteiger partial charge in [0, 0.05) is 23.7 Å². The van der Waals surface area contributed by atoms with Crippen LogP contribution in [0.1, 0.15) is 12.8 Å². The van der Waals surface area contributed by atoms with Crippen LogP contribution in [0.5, 0.6) is 0 Å². The van der Waals surface area contributed by atoms with Crippen LogP contribution in [0.4, 0.5) is 15.8 Å². The number of amides is 1. The molecular weight excluding hydrogens is 367 g/mol. The van der Waals surface area contributed by atoms with E-state index in [1.54, 1.807) is 24.3 Å². The summed E-state index contributed by atoms with van der Waals surface area (Å²) in [6, 6.07) is 11.9. The molecule has 5 nitrogen and oxygen atoms in total. The lowest BCUT2D eigenvalue weighted by Crippen LogP contribution is -2.31. The van der Waals surface area contributed by atoms with Crippen molar-refractivity contribution in [1.82, 2.24) is 0 Å². The number of halogens is 2. The number of nitrogens with one attached hydrogen (secondary N) is 1. The third-order valence-corrected chi connectivity index (χ3v) is 4.82. The molecule has 0 aromatic heterocycles. The minimum Gasteiger partial charge on any atom is -0.326 e. The van der Waals surface area contributed by atoms with Gasteiger partial charge in [-0.2, -0.15) is 0 Å². The van der Waals surface area contributed by atoms with Crippen molar-refractivity contribution in [3.8, 4) is 0 Å². The molecule has 0 aliphatic carbocycles. The van der Waals surface area contributed by atoms with Crippen LogP contribution in [0.25, 0.3) is 0 Å². The molecule has 0 radical (unpaired) electrons. The SMILES string of the molecule is CS(=O)(=O)N(CCCC(=O)Nc1ccc(F)cc1)c1cccc(Cl)c1. The summed E-state index contributed by atoms with van der Waals surface area (Å²) in [5, 5.41) is 3.07. The smallest absolute Gasteiger partial charge is 0.232 e. The molecule has 2 aromatic carbocycles. The summed E-state index contributed by atoms with van der Waals surface area (Å²) in [6.45, 7) is 0.149. The predicted octanol–water partition coefficient (Wildman–Crippen LogP) is 3.66. The van der Waals surface area contributed by atoms with Gasteiger partial charge >= 0.3 is 0 Å². The Morgan fingerprint density at radius 1 is 1.20 bits per heavy atom. The van der Waals surface area contributed by atoms with E-state index in [2.05, 4.69) is 5.32 Å². The lowest BCUT2D eigenvalue weighted by Gasteiger charge is -2.22. The number of rotatable bonds is 7. The van der Waals surface area contributed by atoms with E-state index < -0.39 is 10.0 Å². The third-order valence-electron chi connectivity index (χ3n) is 3.39. The summed E-state index contributed by atoms with van der Waals surface area (Å²) >= 11 is 5.91. The fourth-order valence-electron chi connectivity index (χ4n) is 2.26. The molecule has 1 N–H and O–H groups in total. The largest absolute Gasteiger partial charge is 0.326 e. The van der Waals surface area contributed by atoms with Crippen molar-refractivity contribution in [2.24, 2.45) is 0 Å². The van der Waals surface area contributed by atoms with Gasteiger partial charge in [0.1, 0.15) is 5.82 Å². The maximum absolute atomic E-state index is 12.8. The first-order valence-corrected chi connectivity index (χ1v) is 9.77. The van der Waals surface area contributed by atoms with Crippen LogP contribution in [0, 0.1) is 5.82 Å². The monoisotopic (exact) mass is 384 g/mol. The maximum Gasteiger partial charge on any atom is 0.232 e. The van der Waals surface area contributed by atoms with Crippen molar-refractivity contribution in [3.05, 3.63) is 59.4 Å². The third kappa shape index (κ3) is 6.03. The van der Waals surface area contributed by atoms with E-state index in [4.69, 9.17) is 11.6 Å². The number of carbonyl (C=O) groups is 1. The molecule has 2 aromatic rings. The molecule has 0 bridgehead atoms. The molecule has 134 valence electrons. The number of anilines is 2. The number of hydrogen-bond donors (Lipinski definition) is 1. The molecule has 0 aliphatic heterocycles. The zero-order valence-electron chi connectivity index (χ0n) is 13.6. The van der Waals surface area contributed by atoms with Gasteiger partial charge in [0.2, 0.25) is 15.9 Å². The van der Waals surface area contributed by atoms with Crippen LogP contribution in [-0.4, -0.2) is 27.1 Å². The van der Waals surface area contributed by atoms with Gasteiger partial charge in [-0.15, -0.1) is 0 Å². The molecule has 0 atom stereocenters. The highest BCUT2D eigenvalue weighted by molar-refractivity contribution is 7.92. The van der Waals surface area contributed by atoms with E-state index in [1.807, 2.05) is 0 Å². The van der Waals surface area contributed by atoms with Crippen molar-refractivity contribution in [2.45, 2.75) is 12.8 Å². The van der Waals surface area contributed by atoms with Crippen molar-refractivity contribution in [3.63, 3.8) is 0 Å². The summed E-state index contributed by atoms with van der Waals surface area (Å²) in [7, 11) is -3.50.